The molecule has 0 fully saturated rings. The van der Waals surface area contributed by atoms with E-state index < -0.39 is 10.0 Å². The van der Waals surface area contributed by atoms with Crippen LogP contribution in [0, 0.1) is 0 Å². The Morgan fingerprint density at radius 2 is 1.73 bits per heavy atom. The first-order chi connectivity index (χ1) is 12.3. The zero-order valence-corrected chi connectivity index (χ0v) is 16.3. The molecule has 0 N–H and O–H groups in total. The number of anilines is 1. The highest BCUT2D eigenvalue weighted by Gasteiger charge is 2.18. The maximum atomic E-state index is 12.7. The molecule has 1 amide bonds. The number of sulfonamides is 1. The van der Waals surface area contributed by atoms with E-state index in [0.29, 0.717) is 17.8 Å². The zero-order valence-electron chi connectivity index (χ0n) is 15.5. The number of methoxy groups -OCH3 is 1. The number of amides is 1. The summed E-state index contributed by atoms with van der Waals surface area (Å²) >= 11 is 0. The Morgan fingerprint density at radius 3 is 2.31 bits per heavy atom. The van der Waals surface area contributed by atoms with Gasteiger partial charge in [0.1, 0.15) is 5.75 Å². The molecule has 0 saturated heterocycles. The Hall–Kier alpha value is -2.54. The molecule has 140 valence electrons. The Kier molecular flexibility index (Phi) is 6.26. The van der Waals surface area contributed by atoms with Crippen molar-refractivity contribution < 1.29 is 17.9 Å². The summed E-state index contributed by atoms with van der Waals surface area (Å²) in [6.07, 6.45) is 0. The second-order valence-electron chi connectivity index (χ2n) is 5.93. The van der Waals surface area contributed by atoms with E-state index in [4.69, 9.17) is 4.74 Å². The minimum Gasteiger partial charge on any atom is -0.497 e. The molecule has 0 atom stereocenters. The summed E-state index contributed by atoms with van der Waals surface area (Å²) in [6.45, 7) is 2.03. The van der Waals surface area contributed by atoms with E-state index in [9.17, 15) is 13.2 Å². The second-order valence-corrected chi connectivity index (χ2v) is 8.22. The van der Waals surface area contributed by atoms with E-state index in [1.165, 1.54) is 11.4 Å². The molecule has 2 rings (SSSR count). The lowest BCUT2D eigenvalue weighted by Crippen LogP contribution is -2.29. The third kappa shape index (κ3) is 4.54. The number of nitrogens with zero attached hydrogens (tertiary/aromatic N) is 2. The molecule has 7 heteroatoms. The quantitative estimate of drug-likeness (QED) is 0.745. The summed E-state index contributed by atoms with van der Waals surface area (Å²) in [6, 6.07) is 14.1. The van der Waals surface area contributed by atoms with Crippen LogP contribution >= 0.6 is 0 Å². The van der Waals surface area contributed by atoms with Gasteiger partial charge < -0.3 is 9.64 Å². The van der Waals surface area contributed by atoms with Gasteiger partial charge in [0, 0.05) is 26.2 Å². The summed E-state index contributed by atoms with van der Waals surface area (Å²) in [5, 5.41) is 0. The normalized spacial score (nSPS) is 11.1. The fourth-order valence-electron chi connectivity index (χ4n) is 2.49. The lowest BCUT2D eigenvalue weighted by molar-refractivity contribution is 0.0785. The first-order valence-corrected chi connectivity index (χ1v) is 9.84. The molecule has 0 saturated carbocycles. The Labute approximate surface area is 155 Å². The molecular formula is C19H24N2O4S. The average Bonchev–Trinajstić information content (AvgIpc) is 2.67. The van der Waals surface area contributed by atoms with Gasteiger partial charge in [0.15, 0.2) is 0 Å². The van der Waals surface area contributed by atoms with Crippen LogP contribution in [-0.2, 0) is 16.6 Å². The molecule has 0 heterocycles. The highest BCUT2D eigenvalue weighted by molar-refractivity contribution is 7.92. The molecule has 26 heavy (non-hydrogen) atoms. The van der Waals surface area contributed by atoms with Gasteiger partial charge in [-0.1, -0.05) is 18.2 Å². The number of carbonyl (C=O) groups excluding carboxylic acids is 1. The van der Waals surface area contributed by atoms with E-state index >= 15 is 0 Å². The predicted octanol–water partition coefficient (Wildman–Crippen LogP) is 2.75. The van der Waals surface area contributed by atoms with Crippen LogP contribution in [0.25, 0.3) is 0 Å². The molecule has 0 aromatic heterocycles. The minimum atomic E-state index is -3.37. The summed E-state index contributed by atoms with van der Waals surface area (Å²) in [4.78, 5) is 14.3. The van der Waals surface area contributed by atoms with Crippen molar-refractivity contribution in [1.82, 2.24) is 4.90 Å². The van der Waals surface area contributed by atoms with Gasteiger partial charge in [-0.2, -0.15) is 0 Å². The van der Waals surface area contributed by atoms with Crippen molar-refractivity contribution in [2.24, 2.45) is 0 Å². The summed E-state index contributed by atoms with van der Waals surface area (Å²) in [7, 11) is 1.44. The average molecular weight is 376 g/mol. The van der Waals surface area contributed by atoms with Crippen LogP contribution in [0.5, 0.6) is 5.75 Å². The van der Waals surface area contributed by atoms with Gasteiger partial charge in [-0.05, 0) is 42.8 Å². The summed E-state index contributed by atoms with van der Waals surface area (Å²) in [5.41, 5.74) is 1.88. The van der Waals surface area contributed by atoms with Gasteiger partial charge in [0.2, 0.25) is 10.0 Å². The Bertz CT molecular complexity index is 863. The molecule has 0 aliphatic carbocycles. The van der Waals surface area contributed by atoms with Gasteiger partial charge in [0.05, 0.1) is 18.6 Å². The molecule has 0 unspecified atom stereocenters. The number of hydrogen-bond donors (Lipinski definition) is 0. The maximum absolute atomic E-state index is 12.7. The smallest absolute Gasteiger partial charge is 0.253 e. The Morgan fingerprint density at radius 1 is 1.08 bits per heavy atom. The van der Waals surface area contributed by atoms with Gasteiger partial charge in [-0.3, -0.25) is 9.10 Å². The van der Waals surface area contributed by atoms with Crippen LogP contribution in [-0.4, -0.2) is 46.2 Å². The minimum absolute atomic E-state index is 0.000946. The molecule has 0 spiro atoms. The molecule has 0 aliphatic rings. The fraction of sp³-hybridized carbons (Fsp3) is 0.316. The number of rotatable bonds is 7. The van der Waals surface area contributed by atoms with Crippen molar-refractivity contribution in [3.05, 3.63) is 59.7 Å². The molecule has 0 aliphatic heterocycles. The standard InChI is InChI=1S/C19H24N2O4S/c1-5-26(23,24)21(3)17-8-6-7-16(13-17)19(22)20(2)14-15-9-11-18(25-4)12-10-15/h6-13H,5,14H2,1-4H3. The largest absolute Gasteiger partial charge is 0.497 e. The lowest BCUT2D eigenvalue weighted by atomic mass is 10.1. The maximum Gasteiger partial charge on any atom is 0.253 e. The zero-order chi connectivity index (χ0) is 19.3. The third-order valence-corrected chi connectivity index (χ3v) is 5.94. The van der Waals surface area contributed by atoms with Crippen LogP contribution < -0.4 is 9.04 Å². The molecule has 2 aromatic carbocycles. The van der Waals surface area contributed by atoms with Crippen LogP contribution in [0.15, 0.2) is 48.5 Å². The number of benzene rings is 2. The third-order valence-electron chi connectivity index (χ3n) is 4.16. The van der Waals surface area contributed by atoms with Crippen LogP contribution in [0.3, 0.4) is 0 Å². The van der Waals surface area contributed by atoms with Crippen LogP contribution in [0.1, 0.15) is 22.8 Å². The number of carbonyl (C=O) groups is 1. The van der Waals surface area contributed by atoms with E-state index in [1.807, 2.05) is 24.3 Å². The van der Waals surface area contributed by atoms with E-state index in [-0.39, 0.29) is 11.7 Å². The van der Waals surface area contributed by atoms with Crippen LogP contribution in [0.4, 0.5) is 5.69 Å². The summed E-state index contributed by atoms with van der Waals surface area (Å²) in [5.74, 6) is 0.583. The molecular weight excluding hydrogens is 352 g/mol. The fourth-order valence-corrected chi connectivity index (χ4v) is 3.31. The first kappa shape index (κ1) is 19.8. The van der Waals surface area contributed by atoms with Crippen LogP contribution in [0.2, 0.25) is 0 Å². The van der Waals surface area contributed by atoms with Crippen molar-refractivity contribution in [2.45, 2.75) is 13.5 Å². The second kappa shape index (κ2) is 8.23. The Balaban J connectivity index is 2.16. The van der Waals surface area contributed by atoms with Crippen molar-refractivity contribution in [2.75, 3.05) is 31.3 Å². The molecule has 0 radical (unpaired) electrons. The monoisotopic (exact) mass is 376 g/mol. The van der Waals surface area contributed by atoms with Crippen molar-refractivity contribution in [3.63, 3.8) is 0 Å². The van der Waals surface area contributed by atoms with Gasteiger partial charge in [-0.15, -0.1) is 0 Å². The van der Waals surface area contributed by atoms with Crippen molar-refractivity contribution in [3.8, 4) is 5.75 Å². The lowest BCUT2D eigenvalue weighted by Gasteiger charge is -2.21. The number of ether oxygens (including phenoxy) is 1. The first-order valence-electron chi connectivity index (χ1n) is 8.23. The van der Waals surface area contributed by atoms with Gasteiger partial charge in [-0.25, -0.2) is 8.42 Å². The van der Waals surface area contributed by atoms with Crippen molar-refractivity contribution in [1.29, 1.82) is 0 Å². The topological polar surface area (TPSA) is 66.9 Å². The number of hydrogen-bond acceptors (Lipinski definition) is 4. The molecule has 0 bridgehead atoms. The van der Waals surface area contributed by atoms with E-state index in [0.717, 1.165) is 11.3 Å². The highest BCUT2D eigenvalue weighted by atomic mass is 32.2. The van der Waals surface area contributed by atoms with Gasteiger partial charge in [0.25, 0.3) is 5.91 Å². The predicted molar refractivity (Wildman–Crippen MR) is 103 cm³/mol. The van der Waals surface area contributed by atoms with Gasteiger partial charge >= 0.3 is 0 Å². The van der Waals surface area contributed by atoms with E-state index in [1.54, 1.807) is 50.2 Å². The molecule has 6 nitrogen and oxygen atoms in total. The van der Waals surface area contributed by atoms with E-state index in [2.05, 4.69) is 0 Å². The van der Waals surface area contributed by atoms with Crippen molar-refractivity contribution >= 4 is 21.6 Å². The molecule has 2 aromatic rings. The SMILES string of the molecule is CCS(=O)(=O)N(C)c1cccc(C(=O)N(C)Cc2ccc(OC)cc2)c1. The highest BCUT2D eigenvalue weighted by Crippen LogP contribution is 2.20. The summed E-state index contributed by atoms with van der Waals surface area (Å²) < 4.78 is 30.4.